The number of pyridine rings is 1. The minimum absolute atomic E-state index is 0.726. The first kappa shape index (κ1) is 14.3. The second-order valence-electron chi connectivity index (χ2n) is 5.58. The standard InChI is InChI=1S/C15H22BrN3O/c16-13-10-15(12-17-11-13)19-5-1-4-18(6-7-19)14-2-8-20-9-3-14/h10-12,14H,1-9H2. The molecule has 0 radical (unpaired) electrons. The fourth-order valence-electron chi connectivity index (χ4n) is 3.18. The van der Waals surface area contributed by atoms with E-state index in [1.165, 1.54) is 31.5 Å². The van der Waals surface area contributed by atoms with Gasteiger partial charge < -0.3 is 9.64 Å². The largest absolute Gasteiger partial charge is 0.381 e. The minimum Gasteiger partial charge on any atom is -0.381 e. The van der Waals surface area contributed by atoms with Gasteiger partial charge in [0.05, 0.1) is 11.9 Å². The number of nitrogens with zero attached hydrogens (tertiary/aromatic N) is 3. The Morgan fingerprint density at radius 3 is 2.75 bits per heavy atom. The molecule has 0 saturated carbocycles. The SMILES string of the molecule is Brc1cncc(N2CCCN(C3CCOCC3)CC2)c1. The van der Waals surface area contributed by atoms with Crippen molar-refractivity contribution in [2.24, 2.45) is 0 Å². The van der Waals surface area contributed by atoms with Crippen molar-refractivity contribution in [1.82, 2.24) is 9.88 Å². The number of anilines is 1. The molecule has 2 aliphatic heterocycles. The van der Waals surface area contributed by atoms with Crippen LogP contribution in [0.15, 0.2) is 22.9 Å². The van der Waals surface area contributed by atoms with Gasteiger partial charge in [0.15, 0.2) is 0 Å². The number of hydrogen-bond donors (Lipinski definition) is 0. The monoisotopic (exact) mass is 339 g/mol. The average Bonchev–Trinajstić information content (AvgIpc) is 2.74. The molecule has 1 aromatic rings. The summed E-state index contributed by atoms with van der Waals surface area (Å²) in [5, 5.41) is 0. The summed E-state index contributed by atoms with van der Waals surface area (Å²) in [5.74, 6) is 0. The maximum atomic E-state index is 5.47. The van der Waals surface area contributed by atoms with Gasteiger partial charge in [0.1, 0.15) is 0 Å². The lowest BCUT2D eigenvalue weighted by molar-refractivity contribution is 0.0365. The van der Waals surface area contributed by atoms with E-state index in [0.717, 1.165) is 43.4 Å². The lowest BCUT2D eigenvalue weighted by Gasteiger charge is -2.33. The molecule has 0 aliphatic carbocycles. The smallest absolute Gasteiger partial charge is 0.0564 e. The average molecular weight is 340 g/mol. The fourth-order valence-corrected chi connectivity index (χ4v) is 3.54. The molecular weight excluding hydrogens is 318 g/mol. The normalized spacial score (nSPS) is 22.8. The van der Waals surface area contributed by atoms with Crippen molar-refractivity contribution in [2.75, 3.05) is 44.3 Å². The highest BCUT2D eigenvalue weighted by Crippen LogP contribution is 2.22. The molecule has 0 atom stereocenters. The van der Waals surface area contributed by atoms with Crippen LogP contribution in [0.4, 0.5) is 5.69 Å². The summed E-state index contributed by atoms with van der Waals surface area (Å²) in [6.07, 6.45) is 7.42. The highest BCUT2D eigenvalue weighted by atomic mass is 79.9. The van der Waals surface area contributed by atoms with E-state index in [-0.39, 0.29) is 0 Å². The molecule has 0 bridgehead atoms. The predicted octanol–water partition coefficient (Wildman–Crippen LogP) is 2.54. The lowest BCUT2D eigenvalue weighted by Crippen LogP contribution is -2.41. The Morgan fingerprint density at radius 2 is 1.95 bits per heavy atom. The molecule has 1 aromatic heterocycles. The van der Waals surface area contributed by atoms with Gasteiger partial charge in [0, 0.05) is 56.1 Å². The van der Waals surface area contributed by atoms with Crippen LogP contribution in [-0.2, 0) is 4.74 Å². The third-order valence-electron chi connectivity index (χ3n) is 4.29. The molecule has 4 nitrogen and oxygen atoms in total. The Balaban J connectivity index is 1.61. The molecule has 2 saturated heterocycles. The van der Waals surface area contributed by atoms with E-state index < -0.39 is 0 Å². The fraction of sp³-hybridized carbons (Fsp3) is 0.667. The van der Waals surface area contributed by atoms with Gasteiger partial charge >= 0.3 is 0 Å². The van der Waals surface area contributed by atoms with Crippen LogP contribution in [0.1, 0.15) is 19.3 Å². The van der Waals surface area contributed by atoms with Crippen molar-refractivity contribution in [3.05, 3.63) is 22.9 Å². The quantitative estimate of drug-likeness (QED) is 0.827. The third-order valence-corrected chi connectivity index (χ3v) is 4.73. The summed E-state index contributed by atoms with van der Waals surface area (Å²) in [6, 6.07) is 2.89. The molecule has 0 amide bonds. The molecule has 20 heavy (non-hydrogen) atoms. The van der Waals surface area contributed by atoms with Gasteiger partial charge in [-0.25, -0.2) is 0 Å². The first-order chi connectivity index (χ1) is 9.83. The highest BCUT2D eigenvalue weighted by Gasteiger charge is 2.24. The zero-order chi connectivity index (χ0) is 13.8. The predicted molar refractivity (Wildman–Crippen MR) is 84.2 cm³/mol. The zero-order valence-electron chi connectivity index (χ0n) is 11.8. The van der Waals surface area contributed by atoms with Crippen molar-refractivity contribution in [3.63, 3.8) is 0 Å². The van der Waals surface area contributed by atoms with E-state index in [1.807, 2.05) is 12.4 Å². The number of aromatic nitrogens is 1. The molecule has 2 fully saturated rings. The topological polar surface area (TPSA) is 28.6 Å². The Morgan fingerprint density at radius 1 is 1.10 bits per heavy atom. The maximum absolute atomic E-state index is 5.47. The Kier molecular flexibility index (Phi) is 4.91. The highest BCUT2D eigenvalue weighted by molar-refractivity contribution is 9.10. The van der Waals surface area contributed by atoms with E-state index in [4.69, 9.17) is 4.74 Å². The van der Waals surface area contributed by atoms with Crippen LogP contribution in [0.2, 0.25) is 0 Å². The summed E-state index contributed by atoms with van der Waals surface area (Å²) in [5.41, 5.74) is 1.23. The van der Waals surface area contributed by atoms with E-state index in [0.29, 0.717) is 0 Å². The van der Waals surface area contributed by atoms with Gasteiger partial charge in [-0.05, 0) is 41.3 Å². The summed E-state index contributed by atoms with van der Waals surface area (Å²) in [7, 11) is 0. The van der Waals surface area contributed by atoms with Gasteiger partial charge in [-0.2, -0.15) is 0 Å². The first-order valence-electron chi connectivity index (χ1n) is 7.50. The number of rotatable bonds is 2. The number of hydrogen-bond acceptors (Lipinski definition) is 4. The molecule has 3 rings (SSSR count). The zero-order valence-corrected chi connectivity index (χ0v) is 13.4. The molecule has 2 aliphatic rings. The molecular formula is C15H22BrN3O. The van der Waals surface area contributed by atoms with E-state index >= 15 is 0 Å². The van der Waals surface area contributed by atoms with E-state index in [2.05, 4.69) is 36.8 Å². The molecule has 0 aromatic carbocycles. The molecule has 3 heterocycles. The van der Waals surface area contributed by atoms with Gasteiger partial charge in [-0.1, -0.05) is 0 Å². The summed E-state index contributed by atoms with van der Waals surface area (Å²) < 4.78 is 6.53. The van der Waals surface area contributed by atoms with Crippen molar-refractivity contribution in [1.29, 1.82) is 0 Å². The second kappa shape index (κ2) is 6.87. The van der Waals surface area contributed by atoms with Crippen molar-refractivity contribution >= 4 is 21.6 Å². The van der Waals surface area contributed by atoms with Gasteiger partial charge in [-0.3, -0.25) is 9.88 Å². The number of ether oxygens (including phenoxy) is 1. The van der Waals surface area contributed by atoms with Crippen LogP contribution >= 0.6 is 15.9 Å². The summed E-state index contributed by atoms with van der Waals surface area (Å²) in [6.45, 7) is 6.44. The van der Waals surface area contributed by atoms with Crippen LogP contribution in [0.25, 0.3) is 0 Å². The number of halogens is 1. The third kappa shape index (κ3) is 3.51. The van der Waals surface area contributed by atoms with Crippen LogP contribution in [0.3, 0.4) is 0 Å². The van der Waals surface area contributed by atoms with Crippen LogP contribution < -0.4 is 4.90 Å². The molecule has 5 heteroatoms. The molecule has 0 N–H and O–H groups in total. The van der Waals surface area contributed by atoms with Crippen LogP contribution in [-0.4, -0.2) is 55.3 Å². The lowest BCUT2D eigenvalue weighted by atomic mass is 10.1. The molecule has 0 unspecified atom stereocenters. The Labute approximate surface area is 129 Å². The molecule has 0 spiro atoms. The van der Waals surface area contributed by atoms with Gasteiger partial charge in [0.25, 0.3) is 0 Å². The van der Waals surface area contributed by atoms with E-state index in [1.54, 1.807) is 0 Å². The Hall–Kier alpha value is -0.650. The van der Waals surface area contributed by atoms with Crippen molar-refractivity contribution < 1.29 is 4.74 Å². The van der Waals surface area contributed by atoms with Crippen molar-refractivity contribution in [3.8, 4) is 0 Å². The second-order valence-corrected chi connectivity index (χ2v) is 6.50. The van der Waals surface area contributed by atoms with Crippen molar-refractivity contribution in [2.45, 2.75) is 25.3 Å². The minimum atomic E-state index is 0.726. The van der Waals surface area contributed by atoms with Gasteiger partial charge in [-0.15, -0.1) is 0 Å². The summed E-state index contributed by atoms with van der Waals surface area (Å²) in [4.78, 5) is 9.40. The van der Waals surface area contributed by atoms with E-state index in [9.17, 15) is 0 Å². The van der Waals surface area contributed by atoms with Gasteiger partial charge in [0.2, 0.25) is 0 Å². The maximum Gasteiger partial charge on any atom is 0.0564 e. The Bertz CT molecular complexity index is 437. The van der Waals surface area contributed by atoms with Crippen LogP contribution in [0, 0.1) is 0 Å². The van der Waals surface area contributed by atoms with Crippen LogP contribution in [0.5, 0.6) is 0 Å². The molecule has 110 valence electrons. The summed E-state index contributed by atoms with van der Waals surface area (Å²) >= 11 is 3.51. The first-order valence-corrected chi connectivity index (χ1v) is 8.29.